The molecule has 3 aromatic carbocycles. The number of benzene rings is 3. The highest BCUT2D eigenvalue weighted by atomic mass is 32.2. The van der Waals surface area contributed by atoms with Gasteiger partial charge in [-0.3, -0.25) is 19.2 Å². The van der Waals surface area contributed by atoms with Crippen molar-refractivity contribution in [2.24, 2.45) is 0 Å². The third-order valence-corrected chi connectivity index (χ3v) is 6.82. The number of ether oxygens (including phenoxy) is 2. The highest BCUT2D eigenvalue weighted by Gasteiger charge is 2.29. The number of nitrogens with zero attached hydrogens (tertiary/aromatic N) is 2. The normalized spacial score (nSPS) is 12.6. The summed E-state index contributed by atoms with van der Waals surface area (Å²) in [7, 11) is -4.18. The number of nitrogens with one attached hydrogen (secondary N) is 1. The molecule has 0 aliphatic carbocycles. The molecule has 1 aliphatic rings. The quantitative estimate of drug-likeness (QED) is 0.402. The standard InChI is InChI=1S/C23H21N3O7S/c1-16-5-7-18(8-6-16)25(15-23(27)24-17-3-2-4-19(13-17)26(28)29)34(30,31)20-9-10-21-22(14-20)33-12-11-32-21/h2-10,13-14H,11-12,15H2,1H3,(H,24,27). The fourth-order valence-corrected chi connectivity index (χ4v) is 4.80. The lowest BCUT2D eigenvalue weighted by Crippen LogP contribution is -2.38. The lowest BCUT2D eigenvalue weighted by molar-refractivity contribution is -0.384. The third-order valence-electron chi connectivity index (χ3n) is 5.05. The summed E-state index contributed by atoms with van der Waals surface area (Å²) in [4.78, 5) is 23.2. The predicted octanol–water partition coefficient (Wildman–Crippen LogP) is 3.51. The summed E-state index contributed by atoms with van der Waals surface area (Å²) in [5, 5.41) is 13.5. The van der Waals surface area contributed by atoms with Crippen molar-refractivity contribution < 1.29 is 27.6 Å². The second kappa shape index (κ2) is 9.40. The second-order valence-corrected chi connectivity index (χ2v) is 9.37. The van der Waals surface area contributed by atoms with Crippen LogP contribution in [0.25, 0.3) is 0 Å². The molecule has 176 valence electrons. The van der Waals surface area contributed by atoms with Gasteiger partial charge in [0.1, 0.15) is 19.8 Å². The number of sulfonamides is 1. The van der Waals surface area contributed by atoms with Crippen molar-refractivity contribution >= 4 is 33.0 Å². The molecular formula is C23H21N3O7S. The molecule has 1 amide bonds. The molecule has 34 heavy (non-hydrogen) atoms. The number of amides is 1. The average Bonchev–Trinajstić information content (AvgIpc) is 2.83. The molecule has 0 fully saturated rings. The van der Waals surface area contributed by atoms with Gasteiger partial charge in [-0.15, -0.1) is 0 Å². The first-order chi connectivity index (χ1) is 16.2. The zero-order valence-corrected chi connectivity index (χ0v) is 18.9. The van der Waals surface area contributed by atoms with Gasteiger partial charge >= 0.3 is 0 Å². The van der Waals surface area contributed by atoms with Crippen molar-refractivity contribution in [2.45, 2.75) is 11.8 Å². The van der Waals surface area contributed by atoms with Gasteiger partial charge in [0, 0.05) is 23.9 Å². The monoisotopic (exact) mass is 483 g/mol. The van der Waals surface area contributed by atoms with Crippen molar-refractivity contribution in [1.82, 2.24) is 0 Å². The number of anilines is 2. The first kappa shape index (κ1) is 23.1. The van der Waals surface area contributed by atoms with E-state index in [0.717, 1.165) is 9.87 Å². The maximum atomic E-state index is 13.6. The fraction of sp³-hybridized carbons (Fsp3) is 0.174. The lowest BCUT2D eigenvalue weighted by atomic mass is 10.2. The van der Waals surface area contributed by atoms with Gasteiger partial charge in [-0.05, 0) is 37.3 Å². The Kier molecular flexibility index (Phi) is 6.37. The van der Waals surface area contributed by atoms with Gasteiger partial charge in [0.2, 0.25) is 5.91 Å². The summed E-state index contributed by atoms with van der Waals surface area (Å²) in [6.07, 6.45) is 0. The molecule has 10 nitrogen and oxygen atoms in total. The molecule has 0 saturated heterocycles. The molecule has 4 rings (SSSR count). The summed E-state index contributed by atoms with van der Waals surface area (Å²) < 4.78 is 39.1. The van der Waals surface area contributed by atoms with Crippen LogP contribution in [-0.2, 0) is 14.8 Å². The highest BCUT2D eigenvalue weighted by Crippen LogP contribution is 2.34. The van der Waals surface area contributed by atoms with Crippen LogP contribution in [0.15, 0.2) is 71.6 Å². The van der Waals surface area contributed by atoms with Gasteiger partial charge in [-0.2, -0.15) is 0 Å². The van der Waals surface area contributed by atoms with E-state index in [2.05, 4.69) is 5.32 Å². The number of aryl methyl sites for hydroxylation is 1. The average molecular weight is 484 g/mol. The number of carbonyl (C=O) groups is 1. The summed E-state index contributed by atoms with van der Waals surface area (Å²) in [6.45, 7) is 1.97. The number of hydrogen-bond donors (Lipinski definition) is 1. The zero-order valence-electron chi connectivity index (χ0n) is 18.1. The van der Waals surface area contributed by atoms with Gasteiger partial charge < -0.3 is 14.8 Å². The summed E-state index contributed by atoms with van der Waals surface area (Å²) in [5.41, 5.74) is 1.19. The molecule has 0 aromatic heterocycles. The Hall–Kier alpha value is -4.12. The van der Waals surface area contributed by atoms with Gasteiger partial charge in [0.25, 0.3) is 15.7 Å². The van der Waals surface area contributed by atoms with E-state index in [1.165, 1.54) is 42.5 Å². The van der Waals surface area contributed by atoms with Gasteiger partial charge in [0.15, 0.2) is 11.5 Å². The Labute approximate surface area is 195 Å². The van der Waals surface area contributed by atoms with Crippen LogP contribution in [-0.4, -0.2) is 39.0 Å². The smallest absolute Gasteiger partial charge is 0.271 e. The van der Waals surface area contributed by atoms with Crippen LogP contribution in [0.1, 0.15) is 5.56 Å². The van der Waals surface area contributed by atoms with E-state index in [9.17, 15) is 23.3 Å². The van der Waals surface area contributed by atoms with Crippen LogP contribution in [0.2, 0.25) is 0 Å². The Morgan fingerprint density at radius 3 is 2.44 bits per heavy atom. The number of nitro groups is 1. The van der Waals surface area contributed by atoms with E-state index in [4.69, 9.17) is 9.47 Å². The van der Waals surface area contributed by atoms with Crippen LogP contribution >= 0.6 is 0 Å². The molecule has 3 aromatic rings. The minimum atomic E-state index is -4.18. The second-order valence-electron chi connectivity index (χ2n) is 7.51. The number of fused-ring (bicyclic) bond motifs is 1. The number of nitro benzene ring substituents is 1. The van der Waals surface area contributed by atoms with Crippen LogP contribution in [0, 0.1) is 17.0 Å². The number of non-ortho nitro benzene ring substituents is 1. The van der Waals surface area contributed by atoms with E-state index in [-0.39, 0.29) is 22.0 Å². The van der Waals surface area contributed by atoms with Gasteiger partial charge in [-0.1, -0.05) is 23.8 Å². The minimum absolute atomic E-state index is 0.0690. The molecule has 0 bridgehead atoms. The van der Waals surface area contributed by atoms with E-state index < -0.39 is 27.4 Å². The zero-order chi connectivity index (χ0) is 24.3. The van der Waals surface area contributed by atoms with Crippen molar-refractivity contribution in [3.63, 3.8) is 0 Å². The van der Waals surface area contributed by atoms with Crippen molar-refractivity contribution in [2.75, 3.05) is 29.4 Å². The summed E-state index contributed by atoms with van der Waals surface area (Å²) >= 11 is 0. The van der Waals surface area contributed by atoms with Gasteiger partial charge in [-0.25, -0.2) is 8.42 Å². The van der Waals surface area contributed by atoms with E-state index in [1.807, 2.05) is 6.92 Å². The van der Waals surface area contributed by atoms with Crippen molar-refractivity contribution in [1.29, 1.82) is 0 Å². The first-order valence-electron chi connectivity index (χ1n) is 10.3. The molecule has 0 atom stereocenters. The number of hydrogen-bond acceptors (Lipinski definition) is 7. The van der Waals surface area contributed by atoms with Crippen LogP contribution in [0.5, 0.6) is 11.5 Å². The van der Waals surface area contributed by atoms with Crippen LogP contribution in [0.3, 0.4) is 0 Å². The number of carbonyl (C=O) groups excluding carboxylic acids is 1. The molecular weight excluding hydrogens is 462 g/mol. The van der Waals surface area contributed by atoms with Crippen LogP contribution < -0.4 is 19.1 Å². The number of rotatable bonds is 7. The van der Waals surface area contributed by atoms with Crippen LogP contribution in [0.4, 0.5) is 17.1 Å². The lowest BCUT2D eigenvalue weighted by Gasteiger charge is -2.25. The molecule has 0 saturated carbocycles. The topological polar surface area (TPSA) is 128 Å². The largest absolute Gasteiger partial charge is 0.486 e. The molecule has 0 unspecified atom stereocenters. The summed E-state index contributed by atoms with van der Waals surface area (Å²) in [5.74, 6) is 0.0786. The van der Waals surface area contributed by atoms with E-state index in [0.29, 0.717) is 24.7 Å². The minimum Gasteiger partial charge on any atom is -0.486 e. The Balaban J connectivity index is 1.65. The maximum Gasteiger partial charge on any atom is 0.271 e. The van der Waals surface area contributed by atoms with E-state index >= 15 is 0 Å². The van der Waals surface area contributed by atoms with Crippen molar-refractivity contribution in [3.8, 4) is 11.5 Å². The Bertz CT molecular complexity index is 1340. The fourth-order valence-electron chi connectivity index (χ4n) is 3.37. The first-order valence-corrected chi connectivity index (χ1v) is 11.7. The SMILES string of the molecule is Cc1ccc(N(CC(=O)Nc2cccc([N+](=O)[O-])c2)S(=O)(=O)c2ccc3c(c2)OCCO3)cc1. The molecule has 0 radical (unpaired) electrons. The maximum absolute atomic E-state index is 13.6. The molecule has 1 heterocycles. The van der Waals surface area contributed by atoms with Gasteiger partial charge in [0.05, 0.1) is 15.5 Å². The summed E-state index contributed by atoms with van der Waals surface area (Å²) in [6, 6.07) is 16.3. The molecule has 1 N–H and O–H groups in total. The van der Waals surface area contributed by atoms with E-state index in [1.54, 1.807) is 24.3 Å². The van der Waals surface area contributed by atoms with Crippen molar-refractivity contribution in [3.05, 3.63) is 82.4 Å². The third kappa shape index (κ3) is 4.94. The molecule has 0 spiro atoms. The highest BCUT2D eigenvalue weighted by molar-refractivity contribution is 7.92. The predicted molar refractivity (Wildman–Crippen MR) is 125 cm³/mol. The Morgan fingerprint density at radius 2 is 1.74 bits per heavy atom. The molecule has 11 heteroatoms. The Morgan fingerprint density at radius 1 is 1.03 bits per heavy atom. The molecule has 1 aliphatic heterocycles.